The quantitative estimate of drug-likeness (QED) is 0.271. The topological polar surface area (TPSA) is 42.3 Å². The van der Waals surface area contributed by atoms with Crippen LogP contribution >= 0.6 is 35.4 Å². The highest BCUT2D eigenvalue weighted by molar-refractivity contribution is 7.80. The van der Waals surface area contributed by atoms with Gasteiger partial charge in [-0.2, -0.15) is 0 Å². The van der Waals surface area contributed by atoms with E-state index in [-0.39, 0.29) is 12.1 Å². The Morgan fingerprint density at radius 2 is 1.78 bits per heavy atom. The molecule has 4 aromatic rings. The molecule has 2 aromatic heterocycles. The molecule has 1 aliphatic heterocycles. The average molecular weight is 538 g/mol. The number of pyridine rings is 1. The zero-order valence-electron chi connectivity index (χ0n) is 20.4. The number of hydrogen-bond donors (Lipinski definition) is 1. The van der Waals surface area contributed by atoms with Crippen LogP contribution in [0.4, 0.5) is 5.69 Å². The lowest BCUT2D eigenvalue weighted by molar-refractivity contribution is 0.415. The fraction of sp³-hybridized carbons (Fsp3) is 0.214. The SMILES string of the molecule is COc1ccc(N2C(=S)N[C@@H](c3ccccn3)[C@H]2c2cc(C)n(-c3cccc(Cl)c3C)c2C)cc1Cl. The van der Waals surface area contributed by atoms with Gasteiger partial charge in [0.25, 0.3) is 0 Å². The summed E-state index contributed by atoms with van der Waals surface area (Å²) >= 11 is 18.9. The van der Waals surface area contributed by atoms with E-state index in [1.54, 1.807) is 7.11 Å². The molecule has 0 saturated carbocycles. The Morgan fingerprint density at radius 3 is 2.47 bits per heavy atom. The summed E-state index contributed by atoms with van der Waals surface area (Å²) in [5, 5.41) is 5.40. The molecule has 0 bridgehead atoms. The zero-order valence-corrected chi connectivity index (χ0v) is 22.7. The highest BCUT2D eigenvalue weighted by atomic mass is 35.5. The first-order chi connectivity index (χ1) is 17.3. The molecule has 2 atom stereocenters. The van der Waals surface area contributed by atoms with E-state index in [1.165, 1.54) is 0 Å². The normalized spacial score (nSPS) is 17.4. The highest BCUT2D eigenvalue weighted by Gasteiger charge is 2.42. The van der Waals surface area contributed by atoms with Crippen LogP contribution in [0.25, 0.3) is 5.69 Å². The van der Waals surface area contributed by atoms with Gasteiger partial charge in [-0.3, -0.25) is 4.98 Å². The monoisotopic (exact) mass is 536 g/mol. The van der Waals surface area contributed by atoms with Gasteiger partial charge in [-0.1, -0.05) is 35.3 Å². The van der Waals surface area contributed by atoms with Crippen molar-refractivity contribution in [3.8, 4) is 11.4 Å². The van der Waals surface area contributed by atoms with Crippen molar-refractivity contribution < 1.29 is 4.74 Å². The molecule has 8 heteroatoms. The molecule has 1 saturated heterocycles. The maximum atomic E-state index is 6.53. The number of anilines is 1. The molecule has 0 spiro atoms. The van der Waals surface area contributed by atoms with E-state index < -0.39 is 0 Å². The second-order valence-corrected chi connectivity index (χ2v) is 10.1. The third kappa shape index (κ3) is 4.13. The third-order valence-corrected chi connectivity index (χ3v) is 7.80. The Labute approximate surface area is 226 Å². The standard InChI is InChI=1S/C28H26Cl2N4OS/c1-16-14-20(18(3)33(16)24-10-7-8-21(29)17(24)2)27-26(23-9-5-6-13-31-23)32-28(36)34(27)19-11-12-25(35-4)22(30)15-19/h5-15,26-27H,1-4H3,(H,32,36)/t26-,27+/m0/s1. The highest BCUT2D eigenvalue weighted by Crippen LogP contribution is 2.45. The van der Waals surface area contributed by atoms with E-state index in [0.717, 1.165) is 44.6 Å². The molecule has 184 valence electrons. The molecule has 2 aromatic carbocycles. The molecule has 1 N–H and O–H groups in total. The number of methoxy groups -OCH3 is 1. The molecular weight excluding hydrogens is 511 g/mol. The second kappa shape index (κ2) is 9.77. The molecule has 0 amide bonds. The van der Waals surface area contributed by atoms with Crippen molar-refractivity contribution in [2.75, 3.05) is 12.0 Å². The number of aryl methyl sites for hydroxylation is 1. The van der Waals surface area contributed by atoms with Gasteiger partial charge in [0, 0.05) is 34.0 Å². The third-order valence-electron chi connectivity index (χ3n) is 6.78. The van der Waals surface area contributed by atoms with Crippen molar-refractivity contribution in [1.29, 1.82) is 0 Å². The second-order valence-electron chi connectivity index (χ2n) is 8.86. The van der Waals surface area contributed by atoms with Gasteiger partial charge in [-0.15, -0.1) is 0 Å². The van der Waals surface area contributed by atoms with Gasteiger partial charge in [0.1, 0.15) is 5.75 Å². The van der Waals surface area contributed by atoms with E-state index in [0.29, 0.717) is 15.9 Å². The van der Waals surface area contributed by atoms with Gasteiger partial charge < -0.3 is 19.5 Å². The fourth-order valence-electron chi connectivity index (χ4n) is 5.05. The summed E-state index contributed by atoms with van der Waals surface area (Å²) in [4.78, 5) is 6.79. The predicted octanol–water partition coefficient (Wildman–Crippen LogP) is 7.29. The fourth-order valence-corrected chi connectivity index (χ4v) is 5.82. The molecule has 5 rings (SSSR count). The van der Waals surface area contributed by atoms with E-state index in [2.05, 4.69) is 45.7 Å². The first kappa shape index (κ1) is 24.6. The summed E-state index contributed by atoms with van der Waals surface area (Å²) in [5.41, 5.74) is 7.25. The van der Waals surface area contributed by atoms with E-state index in [4.69, 9.17) is 40.2 Å². The van der Waals surface area contributed by atoms with Crippen LogP contribution in [0.3, 0.4) is 0 Å². The number of hydrogen-bond acceptors (Lipinski definition) is 3. The minimum Gasteiger partial charge on any atom is -0.495 e. The number of halogens is 2. The van der Waals surface area contributed by atoms with Crippen molar-refractivity contribution in [2.45, 2.75) is 32.9 Å². The average Bonchev–Trinajstić information content (AvgIpc) is 3.36. The van der Waals surface area contributed by atoms with Crippen LogP contribution < -0.4 is 15.0 Å². The summed E-state index contributed by atoms with van der Waals surface area (Å²) in [6.07, 6.45) is 1.81. The van der Waals surface area contributed by atoms with Crippen molar-refractivity contribution in [3.05, 3.63) is 105 Å². The molecule has 0 unspecified atom stereocenters. The lowest BCUT2D eigenvalue weighted by atomic mass is 9.96. The van der Waals surface area contributed by atoms with Crippen LogP contribution in [-0.4, -0.2) is 21.8 Å². The number of nitrogens with one attached hydrogen (secondary N) is 1. The molecule has 36 heavy (non-hydrogen) atoms. The van der Waals surface area contributed by atoms with E-state index in [1.807, 2.05) is 61.7 Å². The summed E-state index contributed by atoms with van der Waals surface area (Å²) < 4.78 is 7.63. The van der Waals surface area contributed by atoms with Gasteiger partial charge in [-0.05, 0) is 92.6 Å². The van der Waals surface area contributed by atoms with Gasteiger partial charge >= 0.3 is 0 Å². The Hall–Kier alpha value is -3.06. The minimum atomic E-state index is -0.158. The summed E-state index contributed by atoms with van der Waals surface area (Å²) in [6, 6.07) is 19.6. The number of aromatic nitrogens is 2. The lowest BCUT2D eigenvalue weighted by Crippen LogP contribution is -2.29. The van der Waals surface area contributed by atoms with Crippen molar-refractivity contribution >= 4 is 46.2 Å². The predicted molar refractivity (Wildman–Crippen MR) is 151 cm³/mol. The summed E-state index contributed by atoms with van der Waals surface area (Å²) in [7, 11) is 1.61. The summed E-state index contributed by atoms with van der Waals surface area (Å²) in [6.45, 7) is 6.30. The van der Waals surface area contributed by atoms with Gasteiger partial charge in [0.2, 0.25) is 0 Å². The van der Waals surface area contributed by atoms with E-state index in [9.17, 15) is 0 Å². The van der Waals surface area contributed by atoms with Gasteiger partial charge in [0.05, 0.1) is 29.9 Å². The molecule has 1 aliphatic rings. The molecule has 1 fully saturated rings. The van der Waals surface area contributed by atoms with Gasteiger partial charge in [-0.25, -0.2) is 0 Å². The Morgan fingerprint density at radius 1 is 0.972 bits per heavy atom. The van der Waals surface area contributed by atoms with Crippen molar-refractivity contribution in [3.63, 3.8) is 0 Å². The Kier molecular flexibility index (Phi) is 6.68. The molecule has 0 radical (unpaired) electrons. The van der Waals surface area contributed by atoms with Gasteiger partial charge in [0.15, 0.2) is 5.11 Å². The molecular formula is C28H26Cl2N4OS. The van der Waals surface area contributed by atoms with E-state index >= 15 is 0 Å². The Balaban J connectivity index is 1.70. The van der Waals surface area contributed by atoms with Crippen molar-refractivity contribution in [2.24, 2.45) is 0 Å². The zero-order chi connectivity index (χ0) is 25.6. The Bertz CT molecular complexity index is 1450. The van der Waals surface area contributed by atoms with Crippen LogP contribution in [0.1, 0.15) is 40.3 Å². The number of nitrogens with zero attached hydrogens (tertiary/aromatic N) is 3. The van der Waals surface area contributed by atoms with Crippen LogP contribution in [0.15, 0.2) is 66.9 Å². The number of rotatable bonds is 5. The number of benzene rings is 2. The smallest absolute Gasteiger partial charge is 0.174 e. The summed E-state index contributed by atoms with van der Waals surface area (Å²) in [5.74, 6) is 0.617. The largest absolute Gasteiger partial charge is 0.495 e. The van der Waals surface area contributed by atoms with Crippen LogP contribution in [-0.2, 0) is 0 Å². The lowest BCUT2D eigenvalue weighted by Gasteiger charge is -2.28. The molecule has 0 aliphatic carbocycles. The maximum absolute atomic E-state index is 6.53. The van der Waals surface area contributed by atoms with Crippen LogP contribution in [0, 0.1) is 20.8 Å². The minimum absolute atomic E-state index is 0.156. The van der Waals surface area contributed by atoms with Crippen molar-refractivity contribution in [1.82, 2.24) is 14.9 Å². The molecule has 3 heterocycles. The van der Waals surface area contributed by atoms with Crippen LogP contribution in [0.5, 0.6) is 5.75 Å². The molecule has 5 nitrogen and oxygen atoms in total. The van der Waals surface area contributed by atoms with Crippen LogP contribution in [0.2, 0.25) is 10.0 Å². The first-order valence-electron chi connectivity index (χ1n) is 11.6. The maximum Gasteiger partial charge on any atom is 0.174 e. The number of thiocarbonyl (C=S) groups is 1. The first-order valence-corrected chi connectivity index (χ1v) is 12.8. The number of ether oxygens (including phenoxy) is 1.